The van der Waals surface area contributed by atoms with Gasteiger partial charge in [0.2, 0.25) is 11.7 Å². The van der Waals surface area contributed by atoms with E-state index in [0.717, 1.165) is 24.6 Å². The van der Waals surface area contributed by atoms with E-state index in [0.29, 0.717) is 16.7 Å². The van der Waals surface area contributed by atoms with Gasteiger partial charge in [0.15, 0.2) is 0 Å². The fraction of sp³-hybridized carbons (Fsp3) is 0.600. The maximum Gasteiger partial charge on any atom is 0.244 e. The first kappa shape index (κ1) is 18.0. The van der Waals surface area contributed by atoms with E-state index in [9.17, 15) is 0 Å². The van der Waals surface area contributed by atoms with Gasteiger partial charge in [-0.3, -0.25) is 4.90 Å². The second-order valence-corrected chi connectivity index (χ2v) is 8.09. The van der Waals surface area contributed by atoms with E-state index >= 15 is 0 Å². The van der Waals surface area contributed by atoms with Crippen LogP contribution in [0.2, 0.25) is 5.02 Å². The largest absolute Gasteiger partial charge is 0.337 e. The van der Waals surface area contributed by atoms with Crippen LogP contribution in [-0.2, 0) is 0 Å². The van der Waals surface area contributed by atoms with Crippen molar-refractivity contribution in [2.75, 3.05) is 32.7 Å². The minimum atomic E-state index is 0.162. The number of halogens is 1. The summed E-state index contributed by atoms with van der Waals surface area (Å²) in [5.41, 5.74) is 0.931. The number of piperidine rings is 1. The fourth-order valence-corrected chi connectivity index (χ4v) is 4.27. The van der Waals surface area contributed by atoms with E-state index in [1.807, 2.05) is 24.3 Å². The molecule has 26 heavy (non-hydrogen) atoms. The van der Waals surface area contributed by atoms with Gasteiger partial charge in [-0.05, 0) is 76.0 Å². The first-order chi connectivity index (χ1) is 12.7. The lowest BCUT2D eigenvalue weighted by atomic mass is 10.1. The van der Waals surface area contributed by atoms with Crippen molar-refractivity contribution >= 4 is 11.6 Å². The van der Waals surface area contributed by atoms with Crippen LogP contribution in [0.3, 0.4) is 0 Å². The molecule has 5 nitrogen and oxygen atoms in total. The molecule has 2 atom stereocenters. The summed E-state index contributed by atoms with van der Waals surface area (Å²) >= 11 is 5.95. The number of hydrogen-bond donors (Lipinski definition) is 0. The zero-order chi connectivity index (χ0) is 17.9. The molecule has 2 saturated heterocycles. The molecule has 0 aliphatic carbocycles. The van der Waals surface area contributed by atoms with E-state index in [4.69, 9.17) is 16.1 Å². The number of likely N-dealkylation sites (tertiary alicyclic amines) is 2. The molecule has 0 bridgehead atoms. The maximum atomic E-state index is 5.95. The molecule has 3 heterocycles. The summed E-state index contributed by atoms with van der Waals surface area (Å²) in [7, 11) is 0. The molecule has 1 aromatic heterocycles. The highest BCUT2D eigenvalue weighted by molar-refractivity contribution is 6.30. The van der Waals surface area contributed by atoms with Gasteiger partial charge in [0.1, 0.15) is 0 Å². The molecule has 2 aliphatic rings. The highest BCUT2D eigenvalue weighted by Crippen LogP contribution is 2.29. The van der Waals surface area contributed by atoms with Crippen LogP contribution in [0.5, 0.6) is 0 Å². The number of benzene rings is 1. The van der Waals surface area contributed by atoms with Crippen LogP contribution >= 0.6 is 11.6 Å². The van der Waals surface area contributed by atoms with Crippen molar-refractivity contribution < 1.29 is 4.52 Å². The standard InChI is InChI=1S/C20H27ClN4O/c1-15(20-22-19(23-26-20)17-5-7-18(21)8-6-17)25-12-9-16(14-25)13-24-10-3-2-4-11-24/h5-8,15-16H,2-4,9-14H2,1H3/t15-,16+/m1/s1. The molecule has 6 heteroatoms. The fourth-order valence-electron chi connectivity index (χ4n) is 4.15. The average Bonchev–Trinajstić information content (AvgIpc) is 3.33. The normalized spacial score (nSPS) is 23.4. The summed E-state index contributed by atoms with van der Waals surface area (Å²) in [4.78, 5) is 9.75. The first-order valence-corrected chi connectivity index (χ1v) is 10.1. The van der Waals surface area contributed by atoms with Gasteiger partial charge in [-0.1, -0.05) is 23.2 Å². The number of rotatable bonds is 5. The van der Waals surface area contributed by atoms with Crippen molar-refractivity contribution in [1.82, 2.24) is 19.9 Å². The Morgan fingerprint density at radius 1 is 1.15 bits per heavy atom. The lowest BCUT2D eigenvalue weighted by Gasteiger charge is -2.29. The Labute approximate surface area is 160 Å². The van der Waals surface area contributed by atoms with Crippen molar-refractivity contribution in [2.45, 2.75) is 38.6 Å². The molecule has 0 unspecified atom stereocenters. The highest BCUT2D eigenvalue weighted by Gasteiger charge is 2.30. The van der Waals surface area contributed by atoms with Crippen LogP contribution in [0.25, 0.3) is 11.4 Å². The zero-order valence-corrected chi connectivity index (χ0v) is 16.2. The third kappa shape index (κ3) is 4.11. The number of hydrogen-bond acceptors (Lipinski definition) is 5. The predicted molar refractivity (Wildman–Crippen MR) is 103 cm³/mol. The molecule has 2 aliphatic heterocycles. The van der Waals surface area contributed by atoms with Crippen LogP contribution in [-0.4, -0.2) is 52.7 Å². The van der Waals surface area contributed by atoms with Gasteiger partial charge in [0, 0.05) is 23.7 Å². The highest BCUT2D eigenvalue weighted by atomic mass is 35.5. The Morgan fingerprint density at radius 2 is 1.92 bits per heavy atom. The third-order valence-electron chi connectivity index (χ3n) is 5.73. The molecule has 140 valence electrons. The quantitative estimate of drug-likeness (QED) is 0.782. The number of aromatic nitrogens is 2. The Balaban J connectivity index is 1.36. The Bertz CT molecular complexity index is 711. The second-order valence-electron chi connectivity index (χ2n) is 7.65. The molecule has 0 saturated carbocycles. The topological polar surface area (TPSA) is 45.4 Å². The van der Waals surface area contributed by atoms with Crippen molar-refractivity contribution in [3.63, 3.8) is 0 Å². The maximum absolute atomic E-state index is 5.95. The summed E-state index contributed by atoms with van der Waals surface area (Å²) in [6, 6.07) is 7.71. The van der Waals surface area contributed by atoms with Crippen LogP contribution in [0.1, 0.15) is 44.5 Å². The first-order valence-electron chi connectivity index (χ1n) is 9.75. The van der Waals surface area contributed by atoms with Crippen LogP contribution < -0.4 is 0 Å². The molecule has 1 aromatic carbocycles. The van der Waals surface area contributed by atoms with Crippen molar-refractivity contribution in [3.05, 3.63) is 35.2 Å². The van der Waals surface area contributed by atoms with Crippen LogP contribution in [0.15, 0.2) is 28.8 Å². The summed E-state index contributed by atoms with van der Waals surface area (Å²) in [5.74, 6) is 2.09. The van der Waals surface area contributed by atoms with Crippen LogP contribution in [0, 0.1) is 5.92 Å². The van der Waals surface area contributed by atoms with E-state index in [2.05, 4.69) is 26.9 Å². The molecule has 0 N–H and O–H groups in total. The molecule has 0 amide bonds. The minimum Gasteiger partial charge on any atom is -0.337 e. The van der Waals surface area contributed by atoms with Gasteiger partial charge < -0.3 is 9.42 Å². The van der Waals surface area contributed by atoms with E-state index in [1.165, 1.54) is 45.3 Å². The molecule has 0 radical (unpaired) electrons. The van der Waals surface area contributed by atoms with Gasteiger partial charge in [-0.2, -0.15) is 4.98 Å². The van der Waals surface area contributed by atoms with E-state index < -0.39 is 0 Å². The zero-order valence-electron chi connectivity index (χ0n) is 15.4. The molecular formula is C20H27ClN4O. The SMILES string of the molecule is C[C@H](c1nc(-c2ccc(Cl)cc2)no1)N1CC[C@@H](CN2CCCCC2)C1. The van der Waals surface area contributed by atoms with Crippen molar-refractivity contribution in [3.8, 4) is 11.4 Å². The van der Waals surface area contributed by atoms with Gasteiger partial charge in [-0.15, -0.1) is 0 Å². The molecule has 2 fully saturated rings. The summed E-state index contributed by atoms with van der Waals surface area (Å²) in [6.07, 6.45) is 5.39. The lowest BCUT2D eigenvalue weighted by molar-refractivity contribution is 0.175. The summed E-state index contributed by atoms with van der Waals surface area (Å²) in [5, 5.41) is 4.87. The Kier molecular flexibility index (Phi) is 5.57. The number of nitrogens with zero attached hydrogens (tertiary/aromatic N) is 4. The van der Waals surface area contributed by atoms with E-state index in [1.54, 1.807) is 0 Å². The molecule has 4 rings (SSSR count). The van der Waals surface area contributed by atoms with Crippen LogP contribution in [0.4, 0.5) is 0 Å². The smallest absolute Gasteiger partial charge is 0.244 e. The monoisotopic (exact) mass is 374 g/mol. The molecule has 0 spiro atoms. The molecule has 2 aromatic rings. The van der Waals surface area contributed by atoms with Gasteiger partial charge in [0.05, 0.1) is 6.04 Å². The summed E-state index contributed by atoms with van der Waals surface area (Å²) < 4.78 is 5.56. The Hall–Kier alpha value is -1.43. The second kappa shape index (κ2) is 8.07. The van der Waals surface area contributed by atoms with Crippen molar-refractivity contribution in [1.29, 1.82) is 0 Å². The van der Waals surface area contributed by atoms with Gasteiger partial charge in [0.25, 0.3) is 0 Å². The van der Waals surface area contributed by atoms with E-state index in [-0.39, 0.29) is 6.04 Å². The Morgan fingerprint density at radius 3 is 2.69 bits per heavy atom. The summed E-state index contributed by atoms with van der Waals surface area (Å²) in [6.45, 7) is 8.19. The average molecular weight is 375 g/mol. The molecular weight excluding hydrogens is 348 g/mol. The lowest BCUT2D eigenvalue weighted by Crippen LogP contribution is -2.35. The predicted octanol–water partition coefficient (Wildman–Crippen LogP) is 4.26. The van der Waals surface area contributed by atoms with Gasteiger partial charge in [-0.25, -0.2) is 0 Å². The van der Waals surface area contributed by atoms with Gasteiger partial charge >= 0.3 is 0 Å². The third-order valence-corrected chi connectivity index (χ3v) is 5.98. The van der Waals surface area contributed by atoms with Crippen molar-refractivity contribution in [2.24, 2.45) is 5.92 Å². The minimum absolute atomic E-state index is 0.162.